The van der Waals surface area contributed by atoms with Crippen molar-refractivity contribution in [2.75, 3.05) is 6.26 Å². The molecular formula is C7H8BFO2S. The SMILES string of the molecule is CSc1ccc(F)cc1B(O)O. The smallest absolute Gasteiger partial charge is 0.423 e. The van der Waals surface area contributed by atoms with Gasteiger partial charge in [-0.1, -0.05) is 0 Å². The maximum atomic E-state index is 12.6. The summed E-state index contributed by atoms with van der Waals surface area (Å²) in [7, 11) is -1.61. The first kappa shape index (κ1) is 9.57. The minimum atomic E-state index is -1.61. The third-order valence-corrected chi connectivity index (χ3v) is 2.28. The van der Waals surface area contributed by atoms with Gasteiger partial charge >= 0.3 is 7.12 Å². The minimum Gasteiger partial charge on any atom is -0.423 e. The lowest BCUT2D eigenvalue weighted by atomic mass is 9.80. The van der Waals surface area contributed by atoms with E-state index in [4.69, 9.17) is 10.0 Å². The molecule has 0 unspecified atom stereocenters. The summed E-state index contributed by atoms with van der Waals surface area (Å²) in [6.45, 7) is 0. The Morgan fingerprint density at radius 2 is 2.08 bits per heavy atom. The predicted molar refractivity (Wildman–Crippen MR) is 48.0 cm³/mol. The molecule has 0 saturated heterocycles. The fraction of sp³-hybridized carbons (Fsp3) is 0.143. The number of hydrogen-bond donors (Lipinski definition) is 2. The molecule has 0 aliphatic heterocycles. The van der Waals surface area contributed by atoms with E-state index in [-0.39, 0.29) is 5.46 Å². The summed E-state index contributed by atoms with van der Waals surface area (Å²) in [5.41, 5.74) is 0.211. The lowest BCUT2D eigenvalue weighted by Crippen LogP contribution is -2.31. The second-order valence-corrected chi connectivity index (χ2v) is 3.11. The molecule has 0 aliphatic rings. The summed E-state index contributed by atoms with van der Waals surface area (Å²) < 4.78 is 12.6. The van der Waals surface area contributed by atoms with Crippen molar-refractivity contribution >= 4 is 24.3 Å². The van der Waals surface area contributed by atoms with Crippen molar-refractivity contribution in [3.63, 3.8) is 0 Å². The zero-order valence-corrected chi connectivity index (χ0v) is 7.31. The monoisotopic (exact) mass is 186 g/mol. The van der Waals surface area contributed by atoms with Crippen molar-refractivity contribution in [2.24, 2.45) is 0 Å². The molecule has 2 nitrogen and oxygen atoms in total. The van der Waals surface area contributed by atoms with Crippen molar-refractivity contribution in [1.82, 2.24) is 0 Å². The Hall–Kier alpha value is -0.515. The fourth-order valence-corrected chi connectivity index (χ4v) is 1.51. The van der Waals surface area contributed by atoms with E-state index >= 15 is 0 Å². The van der Waals surface area contributed by atoms with E-state index in [2.05, 4.69) is 0 Å². The summed E-state index contributed by atoms with van der Waals surface area (Å²) in [5.74, 6) is -0.462. The maximum Gasteiger partial charge on any atom is 0.489 e. The van der Waals surface area contributed by atoms with Gasteiger partial charge in [0.2, 0.25) is 0 Å². The van der Waals surface area contributed by atoms with Crippen molar-refractivity contribution < 1.29 is 14.4 Å². The van der Waals surface area contributed by atoms with Crippen LogP contribution in [0.2, 0.25) is 0 Å². The molecule has 12 heavy (non-hydrogen) atoms. The summed E-state index contributed by atoms with van der Waals surface area (Å²) in [5, 5.41) is 17.7. The van der Waals surface area contributed by atoms with Gasteiger partial charge in [-0.3, -0.25) is 0 Å². The zero-order valence-electron chi connectivity index (χ0n) is 6.49. The zero-order chi connectivity index (χ0) is 9.14. The van der Waals surface area contributed by atoms with E-state index in [0.717, 1.165) is 6.07 Å². The van der Waals surface area contributed by atoms with Gasteiger partial charge < -0.3 is 10.0 Å². The average molecular weight is 186 g/mol. The third kappa shape index (κ3) is 2.00. The molecule has 2 N–H and O–H groups in total. The first-order chi connectivity index (χ1) is 5.65. The third-order valence-electron chi connectivity index (χ3n) is 1.47. The minimum absolute atomic E-state index is 0.211. The van der Waals surface area contributed by atoms with Crippen molar-refractivity contribution in [3.05, 3.63) is 24.0 Å². The van der Waals surface area contributed by atoms with Crippen LogP contribution in [-0.4, -0.2) is 23.4 Å². The van der Waals surface area contributed by atoms with Gasteiger partial charge in [-0.15, -0.1) is 11.8 Å². The Labute approximate surface area is 74.6 Å². The summed E-state index contributed by atoms with van der Waals surface area (Å²) >= 11 is 1.35. The Bertz CT molecular complexity index is 280. The molecule has 0 aliphatic carbocycles. The van der Waals surface area contributed by atoms with Crippen LogP contribution >= 0.6 is 11.8 Å². The molecule has 0 heterocycles. The van der Waals surface area contributed by atoms with E-state index < -0.39 is 12.9 Å². The van der Waals surface area contributed by atoms with Crippen molar-refractivity contribution in [1.29, 1.82) is 0 Å². The quantitative estimate of drug-likeness (QED) is 0.513. The van der Waals surface area contributed by atoms with Gasteiger partial charge in [-0.05, 0) is 29.9 Å². The van der Waals surface area contributed by atoms with Crippen LogP contribution in [0.25, 0.3) is 0 Å². The first-order valence-electron chi connectivity index (χ1n) is 3.34. The van der Waals surface area contributed by atoms with Crippen molar-refractivity contribution in [2.45, 2.75) is 4.90 Å². The highest BCUT2D eigenvalue weighted by molar-refractivity contribution is 7.98. The molecule has 5 heteroatoms. The maximum absolute atomic E-state index is 12.6. The molecule has 0 aromatic heterocycles. The molecular weight excluding hydrogens is 178 g/mol. The second-order valence-electron chi connectivity index (χ2n) is 2.26. The Kier molecular flexibility index (Phi) is 3.14. The number of hydrogen-bond acceptors (Lipinski definition) is 3. The molecule has 0 amide bonds. The van der Waals surface area contributed by atoms with Gasteiger partial charge in [0.25, 0.3) is 0 Å². The number of halogens is 1. The normalized spacial score (nSPS) is 10.0. The number of benzene rings is 1. The van der Waals surface area contributed by atoms with Crippen LogP contribution < -0.4 is 5.46 Å². The topological polar surface area (TPSA) is 40.5 Å². The molecule has 1 aromatic carbocycles. The number of rotatable bonds is 2. The molecule has 0 bridgehead atoms. The predicted octanol–water partition coefficient (Wildman–Crippen LogP) is 0.227. The molecule has 0 saturated carbocycles. The van der Waals surface area contributed by atoms with E-state index in [9.17, 15) is 4.39 Å². The molecule has 1 rings (SSSR count). The molecule has 64 valence electrons. The van der Waals surface area contributed by atoms with Crippen molar-refractivity contribution in [3.8, 4) is 0 Å². The molecule has 1 aromatic rings. The Morgan fingerprint density at radius 3 is 2.58 bits per heavy atom. The van der Waals surface area contributed by atoms with Crippen LogP contribution in [0.15, 0.2) is 23.1 Å². The van der Waals surface area contributed by atoms with Crippen LogP contribution in [0.4, 0.5) is 4.39 Å². The lowest BCUT2D eigenvalue weighted by Gasteiger charge is -2.05. The van der Waals surface area contributed by atoms with E-state index in [0.29, 0.717) is 4.90 Å². The van der Waals surface area contributed by atoms with Gasteiger partial charge in [0.15, 0.2) is 0 Å². The van der Waals surface area contributed by atoms with Gasteiger partial charge in [0.05, 0.1) is 0 Å². The Morgan fingerprint density at radius 1 is 1.42 bits per heavy atom. The van der Waals surface area contributed by atoms with Gasteiger partial charge in [-0.25, -0.2) is 4.39 Å². The van der Waals surface area contributed by atoms with E-state index in [1.54, 1.807) is 6.26 Å². The van der Waals surface area contributed by atoms with Gasteiger partial charge in [-0.2, -0.15) is 0 Å². The molecule has 0 atom stereocenters. The summed E-state index contributed by atoms with van der Waals surface area (Å²) in [6, 6.07) is 3.93. The number of thioether (sulfide) groups is 1. The first-order valence-corrected chi connectivity index (χ1v) is 4.57. The van der Waals surface area contributed by atoms with Crippen LogP contribution in [0.5, 0.6) is 0 Å². The standard InChI is InChI=1S/C7H8BFO2S/c1-12-7-3-2-5(9)4-6(7)8(10)11/h2-4,10-11H,1H3. The lowest BCUT2D eigenvalue weighted by molar-refractivity contribution is 0.424. The van der Waals surface area contributed by atoms with E-state index in [1.165, 1.54) is 23.9 Å². The van der Waals surface area contributed by atoms with Crippen LogP contribution in [-0.2, 0) is 0 Å². The largest absolute Gasteiger partial charge is 0.489 e. The summed E-state index contributed by atoms with van der Waals surface area (Å²) in [6.07, 6.45) is 1.79. The highest BCUT2D eigenvalue weighted by Crippen LogP contribution is 2.12. The van der Waals surface area contributed by atoms with Gasteiger partial charge in [0, 0.05) is 4.90 Å². The molecule has 0 fully saturated rings. The highest BCUT2D eigenvalue weighted by Gasteiger charge is 2.15. The van der Waals surface area contributed by atoms with Crippen LogP contribution in [0.1, 0.15) is 0 Å². The average Bonchev–Trinajstić information content (AvgIpc) is 2.04. The summed E-state index contributed by atoms with van der Waals surface area (Å²) in [4.78, 5) is 0.673. The second kappa shape index (κ2) is 3.93. The molecule has 0 spiro atoms. The van der Waals surface area contributed by atoms with Gasteiger partial charge in [0.1, 0.15) is 5.82 Å². The van der Waals surface area contributed by atoms with E-state index in [1.807, 2.05) is 0 Å². The highest BCUT2D eigenvalue weighted by atomic mass is 32.2. The molecule has 0 radical (unpaired) electrons. The van der Waals surface area contributed by atoms with Crippen LogP contribution in [0.3, 0.4) is 0 Å². The van der Waals surface area contributed by atoms with Crippen LogP contribution in [0, 0.1) is 5.82 Å². The fourth-order valence-electron chi connectivity index (χ4n) is 0.907. The Balaban J connectivity index is 3.12.